The normalized spacial score (nSPS) is 11.0. The molecule has 6 rings (SSSR count). The highest BCUT2D eigenvalue weighted by atomic mass is 19.1. The monoisotopic (exact) mass is 516 g/mol. The number of fused-ring (bicyclic) bond motifs is 1. The number of rotatable bonds is 7. The number of ketones is 1. The molecule has 0 unspecified atom stereocenters. The Morgan fingerprint density at radius 3 is 2.23 bits per heavy atom. The standard InChI is InChI=1S/C32H22F2N4O/c33-25-13-9-22(10-14-25)31-30(24-17-18-35-29(19-24)36-20-21-5-2-1-3-6-21)27-7-4-8-28(38(27)37-31)32(39)23-11-15-26(34)16-12-23/h1-19H,20H2,(H,35,36). The van der Waals surface area contributed by atoms with Crippen molar-refractivity contribution in [3.8, 4) is 22.4 Å². The smallest absolute Gasteiger partial charge is 0.211 e. The number of carbonyl (C=O) groups is 1. The lowest BCUT2D eigenvalue weighted by Crippen LogP contribution is -2.08. The lowest BCUT2D eigenvalue weighted by molar-refractivity contribution is 0.103. The van der Waals surface area contributed by atoms with Crippen LogP contribution in [-0.4, -0.2) is 20.4 Å². The predicted molar refractivity (Wildman–Crippen MR) is 147 cm³/mol. The minimum absolute atomic E-state index is 0.291. The average Bonchev–Trinajstić information content (AvgIpc) is 3.37. The van der Waals surface area contributed by atoms with Crippen LogP contribution in [0.1, 0.15) is 21.6 Å². The molecule has 3 aromatic carbocycles. The predicted octanol–water partition coefficient (Wildman–Crippen LogP) is 7.18. The van der Waals surface area contributed by atoms with Crippen LogP contribution in [0.2, 0.25) is 0 Å². The van der Waals surface area contributed by atoms with Crippen molar-refractivity contribution in [2.45, 2.75) is 6.54 Å². The van der Waals surface area contributed by atoms with E-state index in [1.807, 2.05) is 48.5 Å². The van der Waals surface area contributed by atoms with Gasteiger partial charge in [-0.05, 0) is 83.9 Å². The highest BCUT2D eigenvalue weighted by molar-refractivity contribution is 6.09. The van der Waals surface area contributed by atoms with E-state index in [-0.39, 0.29) is 11.6 Å². The van der Waals surface area contributed by atoms with E-state index in [0.717, 1.165) is 16.7 Å². The number of pyridine rings is 2. The van der Waals surface area contributed by atoms with Crippen molar-refractivity contribution in [3.05, 3.63) is 144 Å². The summed E-state index contributed by atoms with van der Waals surface area (Å²) in [5.41, 5.74) is 5.40. The highest BCUT2D eigenvalue weighted by Crippen LogP contribution is 2.36. The molecule has 0 radical (unpaired) electrons. The van der Waals surface area contributed by atoms with Crippen LogP contribution in [0.25, 0.3) is 27.9 Å². The number of nitrogens with one attached hydrogen (secondary N) is 1. The third-order valence-electron chi connectivity index (χ3n) is 6.48. The van der Waals surface area contributed by atoms with E-state index in [0.29, 0.717) is 40.4 Å². The molecule has 5 nitrogen and oxygen atoms in total. The van der Waals surface area contributed by atoms with Crippen LogP contribution in [0.3, 0.4) is 0 Å². The number of aromatic nitrogens is 3. The van der Waals surface area contributed by atoms with Gasteiger partial charge < -0.3 is 5.32 Å². The van der Waals surface area contributed by atoms with Crippen LogP contribution < -0.4 is 5.32 Å². The van der Waals surface area contributed by atoms with Crippen molar-refractivity contribution >= 4 is 17.1 Å². The van der Waals surface area contributed by atoms with Gasteiger partial charge in [0.25, 0.3) is 0 Å². The molecule has 6 aromatic rings. The quantitative estimate of drug-likeness (QED) is 0.228. The first kappa shape index (κ1) is 24.2. The maximum absolute atomic E-state index is 13.8. The van der Waals surface area contributed by atoms with Crippen LogP contribution in [0.4, 0.5) is 14.6 Å². The lowest BCUT2D eigenvalue weighted by atomic mass is 10.00. The van der Waals surface area contributed by atoms with Gasteiger partial charge >= 0.3 is 0 Å². The lowest BCUT2D eigenvalue weighted by Gasteiger charge is -2.09. The van der Waals surface area contributed by atoms with Crippen LogP contribution in [0, 0.1) is 11.6 Å². The van der Waals surface area contributed by atoms with Gasteiger partial charge in [-0.3, -0.25) is 4.79 Å². The van der Waals surface area contributed by atoms with Crippen molar-refractivity contribution in [1.82, 2.24) is 14.6 Å². The van der Waals surface area contributed by atoms with E-state index < -0.39 is 5.82 Å². The second kappa shape index (κ2) is 10.3. The molecule has 1 N–H and O–H groups in total. The minimum Gasteiger partial charge on any atom is -0.366 e. The van der Waals surface area contributed by atoms with Crippen LogP contribution in [0.15, 0.2) is 115 Å². The van der Waals surface area contributed by atoms with E-state index in [1.54, 1.807) is 35.0 Å². The topological polar surface area (TPSA) is 59.3 Å². The van der Waals surface area contributed by atoms with Crippen molar-refractivity contribution in [2.24, 2.45) is 0 Å². The van der Waals surface area contributed by atoms with Crippen molar-refractivity contribution in [3.63, 3.8) is 0 Å². The second-order valence-corrected chi connectivity index (χ2v) is 9.04. The van der Waals surface area contributed by atoms with Crippen LogP contribution >= 0.6 is 0 Å². The number of hydrogen-bond acceptors (Lipinski definition) is 4. The molecule has 190 valence electrons. The zero-order valence-electron chi connectivity index (χ0n) is 20.7. The Bertz CT molecular complexity index is 1780. The Morgan fingerprint density at radius 2 is 1.49 bits per heavy atom. The number of halogens is 2. The van der Waals surface area contributed by atoms with E-state index in [2.05, 4.69) is 10.3 Å². The Labute approximate surface area is 223 Å². The second-order valence-electron chi connectivity index (χ2n) is 9.04. The highest BCUT2D eigenvalue weighted by Gasteiger charge is 2.21. The van der Waals surface area contributed by atoms with E-state index >= 15 is 0 Å². The molecule has 39 heavy (non-hydrogen) atoms. The summed E-state index contributed by atoms with van der Waals surface area (Å²) >= 11 is 0. The van der Waals surface area contributed by atoms with Crippen molar-refractivity contribution < 1.29 is 13.6 Å². The Balaban J connectivity index is 1.48. The molecule has 0 aliphatic carbocycles. The molecule has 0 amide bonds. The van der Waals surface area contributed by atoms with E-state index in [1.165, 1.54) is 36.4 Å². The van der Waals surface area contributed by atoms with Gasteiger partial charge in [0.05, 0.1) is 5.52 Å². The van der Waals surface area contributed by atoms with Crippen molar-refractivity contribution in [2.75, 3.05) is 5.32 Å². The summed E-state index contributed by atoms with van der Waals surface area (Å²) < 4.78 is 28.9. The molecule has 0 atom stereocenters. The van der Waals surface area contributed by atoms with Crippen LogP contribution in [-0.2, 0) is 6.54 Å². The van der Waals surface area contributed by atoms with Gasteiger partial charge in [-0.15, -0.1) is 0 Å². The summed E-state index contributed by atoms with van der Waals surface area (Å²) in [6, 6.07) is 30.7. The first-order valence-corrected chi connectivity index (χ1v) is 12.4. The molecule has 0 spiro atoms. The van der Waals surface area contributed by atoms with Gasteiger partial charge in [0.15, 0.2) is 0 Å². The van der Waals surface area contributed by atoms with Crippen molar-refractivity contribution in [1.29, 1.82) is 0 Å². The summed E-state index contributed by atoms with van der Waals surface area (Å²) in [6.45, 7) is 0.604. The molecule has 3 heterocycles. The van der Waals surface area contributed by atoms with E-state index in [4.69, 9.17) is 5.10 Å². The number of benzene rings is 3. The molecule has 0 saturated carbocycles. The number of anilines is 1. The third-order valence-corrected chi connectivity index (χ3v) is 6.48. The molecule has 7 heteroatoms. The molecule has 3 aromatic heterocycles. The molecular weight excluding hydrogens is 494 g/mol. The number of carbonyl (C=O) groups excluding carboxylic acids is 1. The maximum Gasteiger partial charge on any atom is 0.211 e. The Kier molecular flexibility index (Phi) is 6.39. The fourth-order valence-corrected chi connectivity index (χ4v) is 4.56. The minimum atomic E-state index is -0.418. The Hall–Kier alpha value is -5.17. The fraction of sp³-hybridized carbons (Fsp3) is 0.0312. The SMILES string of the molecule is O=C(c1ccc(F)cc1)c1cccc2c(-c3ccnc(NCc4ccccc4)c3)c(-c3ccc(F)cc3)nn12. The molecular formula is C32H22F2N4O. The summed E-state index contributed by atoms with van der Waals surface area (Å²) in [5.74, 6) is -0.383. The molecule has 0 aliphatic rings. The summed E-state index contributed by atoms with van der Waals surface area (Å²) in [6.07, 6.45) is 1.72. The molecule has 0 aliphatic heterocycles. The van der Waals surface area contributed by atoms with E-state index in [9.17, 15) is 13.6 Å². The molecule has 0 saturated heterocycles. The first-order valence-electron chi connectivity index (χ1n) is 12.4. The average molecular weight is 517 g/mol. The van der Waals surface area contributed by atoms with Gasteiger partial charge in [0.1, 0.15) is 28.8 Å². The zero-order valence-corrected chi connectivity index (χ0v) is 20.7. The third kappa shape index (κ3) is 4.90. The Morgan fingerprint density at radius 1 is 0.769 bits per heavy atom. The maximum atomic E-state index is 13.8. The number of nitrogens with zero attached hydrogens (tertiary/aromatic N) is 3. The van der Waals surface area contributed by atoms with Gasteiger partial charge in [-0.2, -0.15) is 5.10 Å². The summed E-state index contributed by atoms with van der Waals surface area (Å²) in [7, 11) is 0. The zero-order chi connectivity index (χ0) is 26.8. The summed E-state index contributed by atoms with van der Waals surface area (Å²) in [5, 5.41) is 8.20. The largest absolute Gasteiger partial charge is 0.366 e. The van der Waals surface area contributed by atoms with Crippen LogP contribution in [0.5, 0.6) is 0 Å². The molecule has 0 bridgehead atoms. The first-order chi connectivity index (χ1) is 19.1. The van der Waals surface area contributed by atoms with Gasteiger partial charge in [-0.1, -0.05) is 36.4 Å². The molecule has 0 fully saturated rings. The number of hydrogen-bond donors (Lipinski definition) is 1. The fourth-order valence-electron chi connectivity index (χ4n) is 4.56. The van der Waals surface area contributed by atoms with Gasteiger partial charge in [0.2, 0.25) is 5.78 Å². The van der Waals surface area contributed by atoms with Gasteiger partial charge in [0, 0.05) is 29.4 Å². The van der Waals surface area contributed by atoms with Gasteiger partial charge in [-0.25, -0.2) is 18.3 Å². The summed E-state index contributed by atoms with van der Waals surface area (Å²) in [4.78, 5) is 17.9.